The summed E-state index contributed by atoms with van der Waals surface area (Å²) in [6.07, 6.45) is 4.51. The van der Waals surface area contributed by atoms with Gasteiger partial charge in [-0.05, 0) is 43.9 Å². The first-order chi connectivity index (χ1) is 11.9. The van der Waals surface area contributed by atoms with Crippen LogP contribution in [0, 0.1) is 11.3 Å². The van der Waals surface area contributed by atoms with Gasteiger partial charge in [-0.1, -0.05) is 19.9 Å². The van der Waals surface area contributed by atoms with E-state index in [0.717, 1.165) is 38.2 Å². The van der Waals surface area contributed by atoms with Gasteiger partial charge in [0.1, 0.15) is 5.54 Å². The molecule has 4 rings (SSSR count). The summed E-state index contributed by atoms with van der Waals surface area (Å²) >= 11 is 0. The standard InChI is InChI=1S/C20H29N3O2.2ClH/c1-19(2)17-16(9-6-12-25-17)20(19,21)18(24)22-14-7-5-8-15(13-14)23-10-3-4-11-23;;/h5,7-8,13,16-17H,3-4,6,9-12,21H2,1-2H3,(H,22,24);2*1H. The molecule has 2 saturated heterocycles. The fraction of sp³-hybridized carbons (Fsp3) is 0.650. The van der Waals surface area contributed by atoms with Crippen LogP contribution in [0.15, 0.2) is 24.3 Å². The highest BCUT2D eigenvalue weighted by Crippen LogP contribution is 2.57. The van der Waals surface area contributed by atoms with Gasteiger partial charge in [-0.3, -0.25) is 4.79 Å². The van der Waals surface area contributed by atoms with Crippen LogP contribution in [-0.4, -0.2) is 37.2 Å². The summed E-state index contributed by atoms with van der Waals surface area (Å²) in [5.41, 5.74) is 7.46. The van der Waals surface area contributed by atoms with Crippen molar-refractivity contribution in [3.05, 3.63) is 24.3 Å². The predicted octanol–water partition coefficient (Wildman–Crippen LogP) is 3.60. The quantitative estimate of drug-likeness (QED) is 0.790. The van der Waals surface area contributed by atoms with Crippen LogP contribution in [0.2, 0.25) is 0 Å². The van der Waals surface area contributed by atoms with Crippen molar-refractivity contribution in [2.75, 3.05) is 29.9 Å². The zero-order chi connectivity index (χ0) is 17.7. The number of carbonyl (C=O) groups excluding carboxylic acids is 1. The molecule has 5 nitrogen and oxygen atoms in total. The smallest absolute Gasteiger partial charge is 0.245 e. The van der Waals surface area contributed by atoms with E-state index in [4.69, 9.17) is 10.5 Å². The van der Waals surface area contributed by atoms with Crippen molar-refractivity contribution >= 4 is 42.1 Å². The van der Waals surface area contributed by atoms with Crippen molar-refractivity contribution in [2.24, 2.45) is 17.1 Å². The van der Waals surface area contributed by atoms with Crippen LogP contribution in [0.4, 0.5) is 11.4 Å². The Balaban J connectivity index is 0.00000131. The van der Waals surface area contributed by atoms with Gasteiger partial charge in [0.05, 0.1) is 6.10 Å². The molecule has 3 atom stereocenters. The zero-order valence-electron chi connectivity index (χ0n) is 16.1. The third kappa shape index (κ3) is 3.44. The number of rotatable bonds is 3. The number of fused-ring (bicyclic) bond motifs is 1. The number of ether oxygens (including phenoxy) is 1. The normalized spacial score (nSPS) is 31.0. The van der Waals surface area contributed by atoms with Crippen LogP contribution < -0.4 is 16.0 Å². The van der Waals surface area contributed by atoms with Crippen LogP contribution in [-0.2, 0) is 9.53 Å². The number of halogens is 2. The highest BCUT2D eigenvalue weighted by Gasteiger charge is 2.70. The van der Waals surface area contributed by atoms with E-state index in [0.29, 0.717) is 0 Å². The van der Waals surface area contributed by atoms with Crippen LogP contribution in [0.5, 0.6) is 0 Å². The number of nitrogens with one attached hydrogen (secondary N) is 1. The van der Waals surface area contributed by atoms with Crippen molar-refractivity contribution in [3.63, 3.8) is 0 Å². The molecule has 0 spiro atoms. The van der Waals surface area contributed by atoms with E-state index >= 15 is 0 Å². The number of hydrogen-bond donors (Lipinski definition) is 2. The average Bonchev–Trinajstić information content (AvgIpc) is 3.16. The molecule has 27 heavy (non-hydrogen) atoms. The molecule has 0 radical (unpaired) electrons. The number of nitrogens with two attached hydrogens (primary N) is 1. The molecule has 1 saturated carbocycles. The maximum absolute atomic E-state index is 13.1. The van der Waals surface area contributed by atoms with E-state index in [2.05, 4.69) is 36.2 Å². The van der Waals surface area contributed by atoms with E-state index in [-0.39, 0.29) is 48.2 Å². The monoisotopic (exact) mass is 415 g/mol. The Bertz CT molecular complexity index is 679. The van der Waals surface area contributed by atoms with E-state index in [1.165, 1.54) is 18.5 Å². The Kier molecular flexibility index (Phi) is 6.73. The minimum Gasteiger partial charge on any atom is -0.377 e. The predicted molar refractivity (Wildman–Crippen MR) is 114 cm³/mol. The van der Waals surface area contributed by atoms with Gasteiger partial charge in [-0.15, -0.1) is 24.8 Å². The number of benzene rings is 1. The second-order valence-electron chi connectivity index (χ2n) is 8.33. The first kappa shape index (κ1) is 22.3. The molecule has 2 heterocycles. The summed E-state index contributed by atoms with van der Waals surface area (Å²) in [5, 5.41) is 3.09. The minimum atomic E-state index is -0.873. The lowest BCUT2D eigenvalue weighted by Gasteiger charge is -2.65. The van der Waals surface area contributed by atoms with Gasteiger partial charge in [-0.2, -0.15) is 0 Å². The zero-order valence-corrected chi connectivity index (χ0v) is 17.7. The number of carbonyl (C=O) groups is 1. The van der Waals surface area contributed by atoms with Gasteiger partial charge in [-0.25, -0.2) is 0 Å². The summed E-state index contributed by atoms with van der Waals surface area (Å²) in [7, 11) is 0. The molecule has 0 aromatic heterocycles. The summed E-state index contributed by atoms with van der Waals surface area (Å²) < 4.78 is 5.91. The second kappa shape index (κ2) is 8.16. The van der Waals surface area contributed by atoms with E-state index in [1.807, 2.05) is 12.1 Å². The molecule has 0 bridgehead atoms. The van der Waals surface area contributed by atoms with Gasteiger partial charge in [0.15, 0.2) is 0 Å². The number of nitrogens with zero attached hydrogens (tertiary/aromatic N) is 1. The van der Waals surface area contributed by atoms with Crippen LogP contribution in [0.1, 0.15) is 39.5 Å². The minimum absolute atomic E-state index is 0. The van der Waals surface area contributed by atoms with Gasteiger partial charge in [0.25, 0.3) is 0 Å². The fourth-order valence-electron chi connectivity index (χ4n) is 5.03. The molecule has 1 aliphatic carbocycles. The largest absolute Gasteiger partial charge is 0.377 e. The van der Waals surface area contributed by atoms with Gasteiger partial charge in [0, 0.05) is 42.4 Å². The Hall–Kier alpha value is -1.01. The van der Waals surface area contributed by atoms with Crippen molar-refractivity contribution < 1.29 is 9.53 Å². The Morgan fingerprint density at radius 3 is 2.63 bits per heavy atom. The van der Waals surface area contributed by atoms with Crippen LogP contribution in [0.25, 0.3) is 0 Å². The molecule has 1 aromatic carbocycles. The molecule has 152 valence electrons. The molecule has 1 aromatic rings. The molecule has 7 heteroatoms. The lowest BCUT2D eigenvalue weighted by atomic mass is 9.46. The lowest BCUT2D eigenvalue weighted by molar-refractivity contribution is -0.222. The topological polar surface area (TPSA) is 67.6 Å². The number of amides is 1. The van der Waals surface area contributed by atoms with Crippen LogP contribution >= 0.6 is 24.8 Å². The number of anilines is 2. The van der Waals surface area contributed by atoms with Gasteiger partial charge < -0.3 is 20.7 Å². The first-order valence-corrected chi connectivity index (χ1v) is 9.51. The third-order valence-corrected chi connectivity index (χ3v) is 6.64. The molecule has 1 amide bonds. The lowest BCUT2D eigenvalue weighted by Crippen LogP contribution is -2.81. The maximum atomic E-state index is 13.1. The molecule has 3 unspecified atom stereocenters. The second-order valence-corrected chi connectivity index (χ2v) is 8.33. The van der Waals surface area contributed by atoms with E-state index < -0.39 is 5.54 Å². The third-order valence-electron chi connectivity index (χ3n) is 6.64. The highest BCUT2D eigenvalue weighted by atomic mass is 35.5. The molecular formula is C20H31Cl2N3O2. The SMILES string of the molecule is CC1(C)C2OCCCC2C1(N)C(=O)Nc1cccc(N2CCCC2)c1.Cl.Cl. The Labute approximate surface area is 174 Å². The van der Waals surface area contributed by atoms with E-state index in [9.17, 15) is 4.79 Å². The van der Waals surface area contributed by atoms with Gasteiger partial charge in [0.2, 0.25) is 5.91 Å². The molecular weight excluding hydrogens is 385 g/mol. The number of hydrogen-bond acceptors (Lipinski definition) is 4. The highest BCUT2D eigenvalue weighted by molar-refractivity contribution is 6.00. The molecule has 2 aliphatic heterocycles. The van der Waals surface area contributed by atoms with Crippen molar-refractivity contribution in [1.29, 1.82) is 0 Å². The first-order valence-electron chi connectivity index (χ1n) is 9.51. The molecule has 3 aliphatic rings. The molecule has 3 fully saturated rings. The Morgan fingerprint density at radius 1 is 1.22 bits per heavy atom. The van der Waals surface area contributed by atoms with Crippen molar-refractivity contribution in [1.82, 2.24) is 0 Å². The summed E-state index contributed by atoms with van der Waals surface area (Å²) in [6.45, 7) is 7.07. The van der Waals surface area contributed by atoms with E-state index in [1.54, 1.807) is 0 Å². The van der Waals surface area contributed by atoms with Crippen molar-refractivity contribution in [2.45, 2.75) is 51.2 Å². The van der Waals surface area contributed by atoms with Crippen LogP contribution in [0.3, 0.4) is 0 Å². The Morgan fingerprint density at radius 2 is 1.93 bits per heavy atom. The average molecular weight is 416 g/mol. The summed E-state index contributed by atoms with van der Waals surface area (Å²) in [6, 6.07) is 8.12. The maximum Gasteiger partial charge on any atom is 0.245 e. The fourth-order valence-corrected chi connectivity index (χ4v) is 5.03. The van der Waals surface area contributed by atoms with Crippen molar-refractivity contribution in [3.8, 4) is 0 Å². The summed E-state index contributed by atoms with van der Waals surface area (Å²) in [5.74, 6) is 0.0286. The van der Waals surface area contributed by atoms with Gasteiger partial charge >= 0.3 is 0 Å². The molecule has 3 N–H and O–H groups in total. The summed E-state index contributed by atoms with van der Waals surface area (Å²) in [4.78, 5) is 15.5.